The Bertz CT molecular complexity index is 642. The zero-order chi connectivity index (χ0) is 16.7. The Morgan fingerprint density at radius 3 is 2.57 bits per heavy atom. The molecule has 0 saturated carbocycles. The molecule has 5 nitrogen and oxygen atoms in total. The van der Waals surface area contributed by atoms with Gasteiger partial charge < -0.3 is 15.8 Å². The lowest BCUT2D eigenvalue weighted by atomic mass is 10.2. The molecular weight excluding hydrogens is 309 g/mol. The van der Waals surface area contributed by atoms with E-state index in [2.05, 4.69) is 20.0 Å². The molecule has 1 heterocycles. The van der Waals surface area contributed by atoms with Crippen molar-refractivity contribution in [3.63, 3.8) is 0 Å². The number of nitrogens with two attached hydrogens (primary N) is 1. The number of hydrogen-bond acceptors (Lipinski definition) is 3. The average molecular weight is 324 g/mol. The van der Waals surface area contributed by atoms with E-state index in [9.17, 15) is 13.2 Å². The van der Waals surface area contributed by atoms with Crippen molar-refractivity contribution in [1.29, 1.82) is 0 Å². The molecule has 0 aliphatic rings. The summed E-state index contributed by atoms with van der Waals surface area (Å²) in [5, 5.41) is 2.79. The maximum absolute atomic E-state index is 12.0. The zero-order valence-electron chi connectivity index (χ0n) is 12.0. The molecule has 0 fully saturated rings. The van der Waals surface area contributed by atoms with Gasteiger partial charge in [0.1, 0.15) is 5.75 Å². The van der Waals surface area contributed by atoms with Crippen molar-refractivity contribution in [1.82, 2.24) is 4.98 Å². The van der Waals surface area contributed by atoms with Crippen molar-refractivity contribution in [3.8, 4) is 5.75 Å². The summed E-state index contributed by atoms with van der Waals surface area (Å²) in [4.78, 5) is 8.14. The minimum atomic E-state index is -4.71. The number of nitrogens with zero attached hydrogens (tertiary/aromatic N) is 2. The van der Waals surface area contributed by atoms with E-state index in [4.69, 9.17) is 5.73 Å². The second kappa shape index (κ2) is 7.48. The number of ether oxygens (including phenoxy) is 1. The lowest BCUT2D eigenvalue weighted by molar-refractivity contribution is -0.274. The summed E-state index contributed by atoms with van der Waals surface area (Å²) >= 11 is 0. The van der Waals surface area contributed by atoms with E-state index in [-0.39, 0.29) is 11.7 Å². The molecule has 8 heteroatoms. The Morgan fingerprint density at radius 2 is 1.96 bits per heavy atom. The molecule has 0 aliphatic heterocycles. The van der Waals surface area contributed by atoms with Gasteiger partial charge in [-0.25, -0.2) is 0 Å². The lowest BCUT2D eigenvalue weighted by Crippen LogP contribution is -2.23. The number of aromatic nitrogens is 1. The number of hydrogen-bond donors (Lipinski definition) is 2. The molecule has 2 rings (SSSR count). The van der Waals surface area contributed by atoms with Crippen molar-refractivity contribution >= 4 is 11.6 Å². The molecule has 0 unspecified atom stereocenters. The first-order chi connectivity index (χ1) is 10.9. The molecule has 0 saturated heterocycles. The van der Waals surface area contributed by atoms with E-state index in [1.807, 2.05) is 12.1 Å². The Hall–Kier alpha value is -2.77. The van der Waals surface area contributed by atoms with Crippen LogP contribution in [0.3, 0.4) is 0 Å². The van der Waals surface area contributed by atoms with Crippen LogP contribution < -0.4 is 15.8 Å². The number of guanidine groups is 1. The molecule has 122 valence electrons. The van der Waals surface area contributed by atoms with Crippen molar-refractivity contribution in [2.75, 3.05) is 11.9 Å². The van der Waals surface area contributed by atoms with Crippen molar-refractivity contribution in [3.05, 3.63) is 54.4 Å². The topological polar surface area (TPSA) is 72.5 Å². The highest BCUT2D eigenvalue weighted by Gasteiger charge is 2.30. The first-order valence-electron chi connectivity index (χ1n) is 6.74. The molecule has 2 aromatic rings. The van der Waals surface area contributed by atoms with Crippen LogP contribution in [0.4, 0.5) is 18.9 Å². The van der Waals surface area contributed by atoms with Crippen LogP contribution in [-0.2, 0) is 6.42 Å². The summed E-state index contributed by atoms with van der Waals surface area (Å²) in [6.07, 6.45) is -0.580. The molecule has 0 spiro atoms. The molecule has 3 N–H and O–H groups in total. The van der Waals surface area contributed by atoms with E-state index >= 15 is 0 Å². The minimum Gasteiger partial charge on any atom is -0.406 e. The van der Waals surface area contributed by atoms with Gasteiger partial charge in [0.15, 0.2) is 5.96 Å². The van der Waals surface area contributed by atoms with Crippen LogP contribution in [-0.4, -0.2) is 23.9 Å². The number of aliphatic imine (C=N–C) groups is 1. The van der Waals surface area contributed by atoms with Gasteiger partial charge in [0.2, 0.25) is 0 Å². The molecule has 0 amide bonds. The van der Waals surface area contributed by atoms with Crippen LogP contribution in [0.5, 0.6) is 5.75 Å². The fourth-order valence-electron chi connectivity index (χ4n) is 1.78. The molecule has 0 atom stereocenters. The van der Waals surface area contributed by atoms with Gasteiger partial charge in [0.05, 0.1) is 0 Å². The lowest BCUT2D eigenvalue weighted by Gasteiger charge is -2.10. The molecule has 1 aromatic carbocycles. The Balaban J connectivity index is 1.84. The van der Waals surface area contributed by atoms with Crippen molar-refractivity contribution in [2.45, 2.75) is 12.8 Å². The largest absolute Gasteiger partial charge is 0.573 e. The van der Waals surface area contributed by atoms with E-state index in [1.54, 1.807) is 12.4 Å². The normalized spacial score (nSPS) is 12.0. The highest BCUT2D eigenvalue weighted by Crippen LogP contribution is 2.23. The number of benzene rings is 1. The van der Waals surface area contributed by atoms with Gasteiger partial charge in [-0.3, -0.25) is 9.98 Å². The van der Waals surface area contributed by atoms with Crippen LogP contribution in [0.15, 0.2) is 53.8 Å². The maximum Gasteiger partial charge on any atom is 0.573 e. The Kier molecular flexibility index (Phi) is 5.40. The predicted molar refractivity (Wildman–Crippen MR) is 81.2 cm³/mol. The predicted octanol–water partition coefficient (Wildman–Crippen LogP) is 2.95. The summed E-state index contributed by atoms with van der Waals surface area (Å²) in [7, 11) is 0. The Morgan fingerprint density at radius 1 is 1.22 bits per heavy atom. The second-order valence-corrected chi connectivity index (χ2v) is 4.58. The van der Waals surface area contributed by atoms with E-state index in [0.717, 1.165) is 5.56 Å². The first-order valence-corrected chi connectivity index (χ1v) is 6.74. The van der Waals surface area contributed by atoms with Crippen LogP contribution in [0, 0.1) is 0 Å². The van der Waals surface area contributed by atoms with E-state index in [0.29, 0.717) is 18.7 Å². The fraction of sp³-hybridized carbons (Fsp3) is 0.200. The molecule has 0 bridgehead atoms. The number of anilines is 1. The molecule has 23 heavy (non-hydrogen) atoms. The van der Waals surface area contributed by atoms with Crippen molar-refractivity contribution < 1.29 is 17.9 Å². The number of alkyl halides is 3. The Labute approximate surface area is 131 Å². The monoisotopic (exact) mass is 324 g/mol. The first kappa shape index (κ1) is 16.6. The number of halogens is 3. The third-order valence-corrected chi connectivity index (χ3v) is 2.77. The SMILES string of the molecule is NC(=NCCc1cccnc1)Nc1ccc(OC(F)(F)F)cc1. The zero-order valence-corrected chi connectivity index (χ0v) is 12.0. The summed E-state index contributed by atoms with van der Waals surface area (Å²) in [5.41, 5.74) is 7.28. The summed E-state index contributed by atoms with van der Waals surface area (Å²) < 4.78 is 39.9. The van der Waals surface area contributed by atoms with Gasteiger partial charge in [-0.15, -0.1) is 13.2 Å². The van der Waals surface area contributed by atoms with Crippen LogP contribution in [0.2, 0.25) is 0 Å². The number of pyridine rings is 1. The standard InChI is InChI=1S/C15H15F3N4O/c16-15(17,18)23-13-5-3-12(4-6-13)22-14(19)21-9-7-11-2-1-8-20-10-11/h1-6,8,10H,7,9H2,(H3,19,21,22). The third kappa shape index (κ3) is 6.25. The van der Waals surface area contributed by atoms with Crippen LogP contribution >= 0.6 is 0 Å². The summed E-state index contributed by atoms with van der Waals surface area (Å²) in [6, 6.07) is 9.00. The van der Waals surface area contributed by atoms with Gasteiger partial charge in [0, 0.05) is 24.6 Å². The van der Waals surface area contributed by atoms with Gasteiger partial charge in [-0.1, -0.05) is 6.07 Å². The smallest absolute Gasteiger partial charge is 0.406 e. The quantitative estimate of drug-likeness (QED) is 0.655. The highest BCUT2D eigenvalue weighted by atomic mass is 19.4. The number of rotatable bonds is 5. The second-order valence-electron chi connectivity index (χ2n) is 4.58. The fourth-order valence-corrected chi connectivity index (χ4v) is 1.78. The molecule has 0 aliphatic carbocycles. The van der Waals surface area contributed by atoms with Gasteiger partial charge in [-0.05, 0) is 42.3 Å². The maximum atomic E-state index is 12.0. The molecule has 1 aromatic heterocycles. The summed E-state index contributed by atoms with van der Waals surface area (Å²) in [6.45, 7) is 0.472. The molecule has 0 radical (unpaired) electrons. The summed E-state index contributed by atoms with van der Waals surface area (Å²) in [5.74, 6) is -0.117. The van der Waals surface area contributed by atoms with E-state index in [1.165, 1.54) is 24.3 Å². The van der Waals surface area contributed by atoms with Gasteiger partial charge in [0.25, 0.3) is 0 Å². The minimum absolute atomic E-state index is 0.179. The van der Waals surface area contributed by atoms with Crippen molar-refractivity contribution in [2.24, 2.45) is 10.7 Å². The third-order valence-electron chi connectivity index (χ3n) is 2.77. The average Bonchev–Trinajstić information content (AvgIpc) is 2.49. The van der Waals surface area contributed by atoms with Gasteiger partial charge in [-0.2, -0.15) is 0 Å². The highest BCUT2D eigenvalue weighted by molar-refractivity contribution is 5.92. The van der Waals surface area contributed by atoms with Crippen LogP contribution in [0.25, 0.3) is 0 Å². The number of nitrogens with one attached hydrogen (secondary N) is 1. The van der Waals surface area contributed by atoms with Gasteiger partial charge >= 0.3 is 6.36 Å². The van der Waals surface area contributed by atoms with E-state index < -0.39 is 6.36 Å². The molecular formula is C15H15F3N4O. The van der Waals surface area contributed by atoms with Crippen LogP contribution in [0.1, 0.15) is 5.56 Å².